The van der Waals surface area contributed by atoms with Crippen LogP contribution < -0.4 is 10.1 Å². The van der Waals surface area contributed by atoms with E-state index >= 15 is 0 Å². The first kappa shape index (κ1) is 14.9. The summed E-state index contributed by atoms with van der Waals surface area (Å²) in [6.45, 7) is 3.04. The van der Waals surface area contributed by atoms with Gasteiger partial charge in [0.25, 0.3) is 0 Å². The molecule has 0 radical (unpaired) electrons. The summed E-state index contributed by atoms with van der Waals surface area (Å²) in [6, 6.07) is 8.42. The number of nitrogens with zero attached hydrogens (tertiary/aromatic N) is 2. The molecule has 0 aliphatic heterocycles. The van der Waals surface area contributed by atoms with Gasteiger partial charge in [-0.15, -0.1) is 0 Å². The average Bonchev–Trinajstić information content (AvgIpc) is 2.89. The number of hydrogen-bond acceptors (Lipinski definition) is 4. The molecule has 0 spiro atoms. The van der Waals surface area contributed by atoms with Gasteiger partial charge in [0.15, 0.2) is 5.16 Å². The Hall–Kier alpha value is -1.46. The van der Waals surface area contributed by atoms with E-state index in [9.17, 15) is 0 Å². The zero-order chi connectivity index (χ0) is 14.4. The van der Waals surface area contributed by atoms with Gasteiger partial charge in [-0.25, -0.2) is 4.98 Å². The molecule has 0 fully saturated rings. The Balaban J connectivity index is 2.12. The summed E-state index contributed by atoms with van der Waals surface area (Å²) in [5.74, 6) is 1.85. The van der Waals surface area contributed by atoms with E-state index in [0.717, 1.165) is 23.2 Å². The molecule has 1 atom stereocenters. The number of ether oxygens (including phenoxy) is 1. The van der Waals surface area contributed by atoms with Gasteiger partial charge in [0.2, 0.25) is 0 Å². The third kappa shape index (κ3) is 3.55. The molecule has 1 heterocycles. The third-order valence-electron chi connectivity index (χ3n) is 3.12. The van der Waals surface area contributed by atoms with E-state index < -0.39 is 0 Å². The van der Waals surface area contributed by atoms with E-state index in [-0.39, 0.29) is 6.04 Å². The zero-order valence-corrected chi connectivity index (χ0v) is 13.0. The van der Waals surface area contributed by atoms with Gasteiger partial charge in [0.05, 0.1) is 7.11 Å². The van der Waals surface area contributed by atoms with Gasteiger partial charge < -0.3 is 14.6 Å². The standard InChI is InChI=1S/C15H21N3OS/c1-4-16-13(11-20-15-17-9-10-18(15)2)12-7-5-6-8-14(12)19-3/h5-10,13,16H,4,11H2,1-3H3. The molecule has 0 saturated carbocycles. The average molecular weight is 291 g/mol. The molecule has 0 saturated heterocycles. The fraction of sp³-hybridized carbons (Fsp3) is 0.400. The molecule has 1 N–H and O–H groups in total. The molecule has 1 unspecified atom stereocenters. The first-order valence-corrected chi connectivity index (χ1v) is 7.71. The van der Waals surface area contributed by atoms with Crippen LogP contribution in [0, 0.1) is 0 Å². The van der Waals surface area contributed by atoms with E-state index in [1.165, 1.54) is 5.56 Å². The fourth-order valence-electron chi connectivity index (χ4n) is 2.11. The van der Waals surface area contributed by atoms with E-state index in [1.54, 1.807) is 18.9 Å². The van der Waals surface area contributed by atoms with Crippen molar-refractivity contribution in [3.63, 3.8) is 0 Å². The first-order valence-electron chi connectivity index (χ1n) is 6.72. The highest BCUT2D eigenvalue weighted by molar-refractivity contribution is 7.99. The first-order chi connectivity index (χ1) is 9.76. The molecule has 0 aliphatic carbocycles. The number of nitrogens with one attached hydrogen (secondary N) is 1. The van der Waals surface area contributed by atoms with Gasteiger partial charge in [0.1, 0.15) is 5.75 Å². The second-order valence-electron chi connectivity index (χ2n) is 4.48. The maximum Gasteiger partial charge on any atom is 0.167 e. The van der Waals surface area contributed by atoms with Crippen LogP contribution in [-0.4, -0.2) is 29.0 Å². The van der Waals surface area contributed by atoms with Gasteiger partial charge in [0, 0.05) is 36.8 Å². The van der Waals surface area contributed by atoms with Crippen LogP contribution in [0.5, 0.6) is 5.75 Å². The quantitative estimate of drug-likeness (QED) is 0.796. The number of aromatic nitrogens is 2. The Morgan fingerprint density at radius 1 is 1.40 bits per heavy atom. The predicted molar refractivity (Wildman–Crippen MR) is 83.3 cm³/mol. The maximum atomic E-state index is 5.46. The lowest BCUT2D eigenvalue weighted by molar-refractivity contribution is 0.403. The molecule has 20 heavy (non-hydrogen) atoms. The monoisotopic (exact) mass is 291 g/mol. The summed E-state index contributed by atoms with van der Waals surface area (Å²) in [6.07, 6.45) is 3.79. The molecule has 0 amide bonds. The highest BCUT2D eigenvalue weighted by atomic mass is 32.2. The van der Waals surface area contributed by atoms with Crippen LogP contribution in [0.25, 0.3) is 0 Å². The maximum absolute atomic E-state index is 5.46. The Morgan fingerprint density at radius 2 is 2.20 bits per heavy atom. The molecule has 1 aromatic carbocycles. The van der Waals surface area contributed by atoms with Crippen LogP contribution in [-0.2, 0) is 7.05 Å². The van der Waals surface area contributed by atoms with E-state index in [1.807, 2.05) is 42.2 Å². The smallest absolute Gasteiger partial charge is 0.167 e. The van der Waals surface area contributed by atoms with Crippen molar-refractivity contribution >= 4 is 11.8 Å². The van der Waals surface area contributed by atoms with Crippen molar-refractivity contribution in [3.8, 4) is 5.75 Å². The van der Waals surface area contributed by atoms with Crippen molar-refractivity contribution < 1.29 is 4.74 Å². The van der Waals surface area contributed by atoms with Gasteiger partial charge in [-0.05, 0) is 12.6 Å². The predicted octanol–water partition coefficient (Wildman–Crippen LogP) is 2.87. The number of methoxy groups -OCH3 is 1. The van der Waals surface area contributed by atoms with Crippen LogP contribution in [0.4, 0.5) is 0 Å². The summed E-state index contributed by atoms with van der Waals surface area (Å²) in [7, 11) is 3.73. The summed E-state index contributed by atoms with van der Waals surface area (Å²) < 4.78 is 7.50. The molecule has 4 nitrogen and oxygen atoms in total. The minimum atomic E-state index is 0.248. The molecule has 108 valence electrons. The molecule has 5 heteroatoms. The van der Waals surface area contributed by atoms with Crippen molar-refractivity contribution in [2.45, 2.75) is 18.1 Å². The number of hydrogen-bond donors (Lipinski definition) is 1. The van der Waals surface area contributed by atoms with Crippen LogP contribution in [0.3, 0.4) is 0 Å². The summed E-state index contributed by atoms with van der Waals surface area (Å²) in [5, 5.41) is 4.55. The number of benzene rings is 1. The molecular weight excluding hydrogens is 270 g/mol. The highest BCUT2D eigenvalue weighted by Crippen LogP contribution is 2.29. The second kappa shape index (κ2) is 7.36. The number of aryl methyl sites for hydroxylation is 1. The zero-order valence-electron chi connectivity index (χ0n) is 12.2. The van der Waals surface area contributed by atoms with E-state index in [4.69, 9.17) is 4.74 Å². The summed E-state index contributed by atoms with van der Waals surface area (Å²) in [4.78, 5) is 4.35. The Bertz CT molecular complexity index is 541. The lowest BCUT2D eigenvalue weighted by Gasteiger charge is -2.20. The number of imidazole rings is 1. The van der Waals surface area contributed by atoms with Gasteiger partial charge in [-0.2, -0.15) is 0 Å². The Kier molecular flexibility index (Phi) is 5.49. The lowest BCUT2D eigenvalue weighted by Crippen LogP contribution is -2.23. The van der Waals surface area contributed by atoms with Crippen molar-refractivity contribution in [2.75, 3.05) is 19.4 Å². The van der Waals surface area contributed by atoms with Crippen LogP contribution >= 0.6 is 11.8 Å². The normalized spacial score (nSPS) is 12.3. The molecular formula is C15H21N3OS. The summed E-state index contributed by atoms with van der Waals surface area (Å²) in [5.41, 5.74) is 1.19. The Labute approximate surface area is 124 Å². The molecule has 1 aromatic heterocycles. The SMILES string of the molecule is CCNC(CSc1nccn1C)c1ccccc1OC. The van der Waals surface area contributed by atoms with Crippen LogP contribution in [0.2, 0.25) is 0 Å². The van der Waals surface area contributed by atoms with Crippen LogP contribution in [0.15, 0.2) is 41.8 Å². The second-order valence-corrected chi connectivity index (χ2v) is 5.47. The topological polar surface area (TPSA) is 39.1 Å². The highest BCUT2D eigenvalue weighted by Gasteiger charge is 2.16. The summed E-state index contributed by atoms with van der Waals surface area (Å²) >= 11 is 1.75. The van der Waals surface area contributed by atoms with Gasteiger partial charge in [-0.1, -0.05) is 36.9 Å². The number of rotatable bonds is 7. The van der Waals surface area contributed by atoms with Crippen molar-refractivity contribution in [2.24, 2.45) is 7.05 Å². The molecule has 0 bridgehead atoms. The minimum Gasteiger partial charge on any atom is -0.496 e. The lowest BCUT2D eigenvalue weighted by atomic mass is 10.1. The van der Waals surface area contributed by atoms with Gasteiger partial charge >= 0.3 is 0 Å². The van der Waals surface area contributed by atoms with Crippen molar-refractivity contribution in [1.82, 2.24) is 14.9 Å². The Morgan fingerprint density at radius 3 is 2.85 bits per heavy atom. The molecule has 0 aliphatic rings. The third-order valence-corrected chi connectivity index (χ3v) is 4.27. The van der Waals surface area contributed by atoms with E-state index in [0.29, 0.717) is 0 Å². The van der Waals surface area contributed by atoms with E-state index in [2.05, 4.69) is 23.3 Å². The minimum absolute atomic E-state index is 0.248. The molecule has 2 aromatic rings. The van der Waals surface area contributed by atoms with Crippen molar-refractivity contribution in [1.29, 1.82) is 0 Å². The van der Waals surface area contributed by atoms with Crippen molar-refractivity contribution in [3.05, 3.63) is 42.2 Å². The van der Waals surface area contributed by atoms with Gasteiger partial charge in [-0.3, -0.25) is 0 Å². The van der Waals surface area contributed by atoms with Crippen LogP contribution in [0.1, 0.15) is 18.5 Å². The molecule has 2 rings (SSSR count). The largest absolute Gasteiger partial charge is 0.496 e. The number of thioether (sulfide) groups is 1. The fourth-order valence-corrected chi connectivity index (χ4v) is 3.12. The number of para-hydroxylation sites is 1.